The molecule has 0 saturated heterocycles. The number of para-hydroxylation sites is 1. The van der Waals surface area contributed by atoms with Crippen molar-refractivity contribution in [2.75, 3.05) is 0 Å². The Kier molecular flexibility index (Phi) is 2.68. The van der Waals surface area contributed by atoms with E-state index in [0.717, 1.165) is 15.2 Å². The molecule has 15 heavy (non-hydrogen) atoms. The molecule has 0 aliphatic rings. The van der Waals surface area contributed by atoms with E-state index in [9.17, 15) is 4.79 Å². The van der Waals surface area contributed by atoms with Gasteiger partial charge in [-0.25, -0.2) is 4.98 Å². The smallest absolute Gasteiger partial charge is 0.303 e. The van der Waals surface area contributed by atoms with Crippen LogP contribution in [0.5, 0.6) is 0 Å². The summed E-state index contributed by atoms with van der Waals surface area (Å²) >= 11 is 1.56. The van der Waals surface area contributed by atoms with Gasteiger partial charge >= 0.3 is 5.97 Å². The van der Waals surface area contributed by atoms with Crippen LogP contribution in [0.15, 0.2) is 24.3 Å². The van der Waals surface area contributed by atoms with Gasteiger partial charge in [0.1, 0.15) is 5.01 Å². The largest absolute Gasteiger partial charge is 0.455 e. The van der Waals surface area contributed by atoms with E-state index < -0.39 is 0 Å². The zero-order valence-electron chi connectivity index (χ0n) is 8.56. The van der Waals surface area contributed by atoms with Crippen LogP contribution in [-0.4, -0.2) is 11.0 Å². The van der Waals surface area contributed by atoms with Crippen molar-refractivity contribution in [3.63, 3.8) is 0 Å². The molecule has 4 heteroatoms. The number of fused-ring (bicyclic) bond motifs is 1. The number of ether oxygens (including phenoxy) is 1. The molecule has 2 aromatic rings. The molecule has 1 heterocycles. The highest BCUT2D eigenvalue weighted by molar-refractivity contribution is 7.18. The van der Waals surface area contributed by atoms with Crippen LogP contribution in [0, 0.1) is 0 Å². The Hall–Kier alpha value is -1.42. The van der Waals surface area contributed by atoms with E-state index in [-0.39, 0.29) is 12.1 Å². The van der Waals surface area contributed by atoms with Crippen LogP contribution in [0.2, 0.25) is 0 Å². The van der Waals surface area contributed by atoms with Gasteiger partial charge in [0.15, 0.2) is 6.10 Å². The maximum absolute atomic E-state index is 10.8. The average Bonchev–Trinajstić information content (AvgIpc) is 2.59. The van der Waals surface area contributed by atoms with E-state index in [1.54, 1.807) is 11.3 Å². The summed E-state index contributed by atoms with van der Waals surface area (Å²) in [7, 11) is 0. The van der Waals surface area contributed by atoms with Gasteiger partial charge in [-0.1, -0.05) is 12.1 Å². The minimum Gasteiger partial charge on any atom is -0.455 e. The predicted octanol–water partition coefficient (Wildman–Crippen LogP) is 2.92. The average molecular weight is 221 g/mol. The molecule has 0 bridgehead atoms. The summed E-state index contributed by atoms with van der Waals surface area (Å²) in [5.74, 6) is -0.276. The second-order valence-corrected chi connectivity index (χ2v) is 4.33. The third-order valence-corrected chi connectivity index (χ3v) is 3.20. The summed E-state index contributed by atoms with van der Waals surface area (Å²) in [6.07, 6.45) is -0.264. The highest BCUT2D eigenvalue weighted by atomic mass is 32.1. The summed E-state index contributed by atoms with van der Waals surface area (Å²) in [5, 5.41) is 0.839. The number of benzene rings is 1. The third kappa shape index (κ3) is 2.15. The lowest BCUT2D eigenvalue weighted by molar-refractivity contribution is -0.145. The summed E-state index contributed by atoms with van der Waals surface area (Å²) < 4.78 is 6.19. The molecular formula is C11H11NO2S. The van der Waals surface area contributed by atoms with Crippen LogP contribution in [0.4, 0.5) is 0 Å². The van der Waals surface area contributed by atoms with Gasteiger partial charge in [-0.3, -0.25) is 4.79 Å². The fourth-order valence-corrected chi connectivity index (χ4v) is 2.31. The first-order valence-electron chi connectivity index (χ1n) is 4.69. The van der Waals surface area contributed by atoms with Crippen LogP contribution >= 0.6 is 11.3 Å². The molecule has 0 spiro atoms. The zero-order valence-corrected chi connectivity index (χ0v) is 9.38. The Morgan fingerprint density at radius 1 is 1.47 bits per heavy atom. The van der Waals surface area contributed by atoms with Crippen molar-refractivity contribution in [1.29, 1.82) is 0 Å². The number of carbonyl (C=O) groups excluding carboxylic acids is 1. The number of aromatic nitrogens is 1. The molecule has 2 rings (SSSR count). The van der Waals surface area contributed by atoms with E-state index in [4.69, 9.17) is 4.74 Å². The molecule has 0 aliphatic heterocycles. The molecule has 1 atom stereocenters. The van der Waals surface area contributed by atoms with Crippen molar-refractivity contribution in [2.24, 2.45) is 0 Å². The zero-order chi connectivity index (χ0) is 10.8. The van der Waals surface area contributed by atoms with Crippen molar-refractivity contribution in [3.8, 4) is 0 Å². The van der Waals surface area contributed by atoms with E-state index in [1.807, 2.05) is 31.2 Å². The Balaban J connectivity index is 2.32. The van der Waals surface area contributed by atoms with Crippen LogP contribution in [-0.2, 0) is 9.53 Å². The van der Waals surface area contributed by atoms with Gasteiger partial charge in [0.05, 0.1) is 10.2 Å². The van der Waals surface area contributed by atoms with Crippen LogP contribution in [0.3, 0.4) is 0 Å². The third-order valence-electron chi connectivity index (χ3n) is 2.00. The van der Waals surface area contributed by atoms with E-state index in [1.165, 1.54) is 6.92 Å². The molecule has 3 nitrogen and oxygen atoms in total. The van der Waals surface area contributed by atoms with Crippen molar-refractivity contribution >= 4 is 27.5 Å². The lowest BCUT2D eigenvalue weighted by Crippen LogP contribution is -2.03. The molecule has 0 saturated carbocycles. The molecule has 1 aromatic carbocycles. The first kappa shape index (κ1) is 10.1. The normalized spacial score (nSPS) is 12.7. The number of hydrogen-bond acceptors (Lipinski definition) is 4. The van der Waals surface area contributed by atoms with E-state index >= 15 is 0 Å². The van der Waals surface area contributed by atoms with Gasteiger partial charge in [-0.05, 0) is 19.1 Å². The molecule has 0 amide bonds. The first-order chi connectivity index (χ1) is 7.16. The molecule has 0 radical (unpaired) electrons. The second kappa shape index (κ2) is 3.98. The van der Waals surface area contributed by atoms with Crippen molar-refractivity contribution in [1.82, 2.24) is 4.98 Å². The van der Waals surface area contributed by atoms with Gasteiger partial charge in [-0.2, -0.15) is 0 Å². The minimum absolute atomic E-state index is 0.264. The molecule has 1 aromatic heterocycles. The molecular weight excluding hydrogens is 210 g/mol. The van der Waals surface area contributed by atoms with Gasteiger partial charge in [0.2, 0.25) is 0 Å². The fourth-order valence-electron chi connectivity index (χ4n) is 1.36. The van der Waals surface area contributed by atoms with Gasteiger partial charge in [-0.15, -0.1) is 11.3 Å². The summed E-state index contributed by atoms with van der Waals surface area (Å²) in [5.41, 5.74) is 0.955. The Morgan fingerprint density at radius 2 is 2.20 bits per heavy atom. The molecule has 0 fully saturated rings. The Labute approximate surface area is 91.7 Å². The Morgan fingerprint density at radius 3 is 2.87 bits per heavy atom. The maximum atomic E-state index is 10.8. The quantitative estimate of drug-likeness (QED) is 0.732. The number of carbonyl (C=O) groups is 1. The summed E-state index contributed by atoms with van der Waals surface area (Å²) in [6, 6.07) is 7.88. The second-order valence-electron chi connectivity index (χ2n) is 3.27. The number of hydrogen-bond donors (Lipinski definition) is 0. The lowest BCUT2D eigenvalue weighted by atomic mass is 10.3. The topological polar surface area (TPSA) is 39.2 Å². The minimum atomic E-state index is -0.276. The number of esters is 1. The standard InChI is InChI=1S/C11H11NO2S/c1-7(14-8(2)13)11-12-9-5-3-4-6-10(9)15-11/h3-7H,1-2H3/t7-/m0/s1. The summed E-state index contributed by atoms with van der Waals surface area (Å²) in [4.78, 5) is 15.2. The van der Waals surface area contributed by atoms with Gasteiger partial charge < -0.3 is 4.74 Å². The number of thiazole rings is 1. The van der Waals surface area contributed by atoms with Gasteiger partial charge in [0, 0.05) is 6.92 Å². The fraction of sp³-hybridized carbons (Fsp3) is 0.273. The molecule has 0 aliphatic carbocycles. The van der Waals surface area contributed by atoms with Crippen LogP contribution < -0.4 is 0 Å². The molecule has 0 N–H and O–H groups in total. The van der Waals surface area contributed by atoms with Crippen molar-refractivity contribution in [3.05, 3.63) is 29.3 Å². The maximum Gasteiger partial charge on any atom is 0.303 e. The van der Waals surface area contributed by atoms with E-state index in [2.05, 4.69) is 4.98 Å². The first-order valence-corrected chi connectivity index (χ1v) is 5.51. The molecule has 0 unspecified atom stereocenters. The Bertz CT molecular complexity index is 459. The van der Waals surface area contributed by atoms with Gasteiger partial charge in [0.25, 0.3) is 0 Å². The van der Waals surface area contributed by atoms with E-state index in [0.29, 0.717) is 0 Å². The predicted molar refractivity (Wildman–Crippen MR) is 59.8 cm³/mol. The lowest BCUT2D eigenvalue weighted by Gasteiger charge is -2.07. The SMILES string of the molecule is CC(=O)O[C@@H](C)c1nc2ccccc2s1. The number of rotatable bonds is 2. The van der Waals surface area contributed by atoms with Crippen LogP contribution in [0.25, 0.3) is 10.2 Å². The number of nitrogens with zero attached hydrogens (tertiary/aromatic N) is 1. The monoisotopic (exact) mass is 221 g/mol. The van der Waals surface area contributed by atoms with Crippen molar-refractivity contribution < 1.29 is 9.53 Å². The highest BCUT2D eigenvalue weighted by Gasteiger charge is 2.13. The molecule has 78 valence electrons. The summed E-state index contributed by atoms with van der Waals surface area (Å²) in [6.45, 7) is 3.24. The highest BCUT2D eigenvalue weighted by Crippen LogP contribution is 2.27. The van der Waals surface area contributed by atoms with Crippen LogP contribution in [0.1, 0.15) is 25.0 Å². The van der Waals surface area contributed by atoms with Crippen molar-refractivity contribution in [2.45, 2.75) is 20.0 Å².